The highest BCUT2D eigenvalue weighted by Gasteiger charge is 2.29. The summed E-state index contributed by atoms with van der Waals surface area (Å²) in [5.74, 6) is -3.54. The Bertz CT molecular complexity index is 523. The molecule has 22 heavy (non-hydrogen) atoms. The molecule has 0 spiro atoms. The van der Waals surface area contributed by atoms with Crippen molar-refractivity contribution in [2.45, 2.75) is 12.2 Å². The van der Waals surface area contributed by atoms with E-state index in [1.807, 2.05) is 30.5 Å². The highest BCUT2D eigenvalue weighted by molar-refractivity contribution is 5.83. The highest BCUT2D eigenvalue weighted by Crippen LogP contribution is 2.06. The summed E-state index contributed by atoms with van der Waals surface area (Å²) in [4.78, 5) is 27.5. The van der Waals surface area contributed by atoms with Gasteiger partial charge in [-0.1, -0.05) is 18.2 Å². The Morgan fingerprint density at radius 1 is 0.955 bits per heavy atom. The van der Waals surface area contributed by atoms with Gasteiger partial charge < -0.3 is 31.4 Å². The van der Waals surface area contributed by atoms with E-state index >= 15 is 0 Å². The molecule has 0 aliphatic heterocycles. The van der Waals surface area contributed by atoms with E-state index in [0.29, 0.717) is 0 Å². The Labute approximate surface area is 123 Å². The summed E-state index contributed by atoms with van der Waals surface area (Å²) in [6, 6.07) is 7.91. The lowest BCUT2D eigenvalue weighted by Gasteiger charge is -2.07. The quantitative estimate of drug-likeness (QED) is 0.490. The third kappa shape index (κ3) is 6.19. The minimum atomic E-state index is -2.27. The first kappa shape index (κ1) is 21.6. The number of fused-ring (bicyclic) bond motifs is 1. The second-order valence-electron chi connectivity index (χ2n) is 3.65. The number of aliphatic hydroxyl groups is 2. The summed E-state index contributed by atoms with van der Waals surface area (Å²) >= 11 is 0. The molecule has 0 fully saturated rings. The molecule has 2 aromatic rings. The molecule has 122 valence electrons. The number of hydrogen-bond donors (Lipinski definition) is 4. The number of aliphatic hydroxyl groups excluding tert-OH is 2. The van der Waals surface area contributed by atoms with Crippen LogP contribution in [0.3, 0.4) is 0 Å². The molecule has 0 radical (unpaired) electrons. The van der Waals surface area contributed by atoms with Crippen molar-refractivity contribution < 1.29 is 41.0 Å². The molecule has 0 saturated heterocycles. The number of hydrogen-bond acceptors (Lipinski definition) is 6. The zero-order chi connectivity index (χ0) is 15.1. The summed E-state index contributed by atoms with van der Waals surface area (Å²) in [5.41, 5.74) is 0.998. The standard InChI is InChI=1S/C8H6N2.C4H6O6.2H2O/c1-2-4-8-7(3-1)5-9-6-10-8;5-1(3(7)8)2(6)4(9)10;;/h1-6H;1-2,5-6H,(H,7,8)(H,9,10);2*1H2/t;1-,2-;;/m.1../s1. The second-order valence-corrected chi connectivity index (χ2v) is 3.65. The lowest BCUT2D eigenvalue weighted by atomic mass is 10.2. The van der Waals surface area contributed by atoms with Crippen molar-refractivity contribution in [2.75, 3.05) is 0 Å². The van der Waals surface area contributed by atoms with Crippen LogP contribution in [-0.2, 0) is 9.59 Å². The number of carboxylic acids is 2. The van der Waals surface area contributed by atoms with Gasteiger partial charge in [-0.15, -0.1) is 0 Å². The van der Waals surface area contributed by atoms with Gasteiger partial charge in [-0.05, 0) is 6.07 Å². The lowest BCUT2D eigenvalue weighted by molar-refractivity contribution is -0.165. The van der Waals surface area contributed by atoms with Gasteiger partial charge >= 0.3 is 11.9 Å². The first-order valence-corrected chi connectivity index (χ1v) is 5.40. The zero-order valence-electron chi connectivity index (χ0n) is 11.1. The van der Waals surface area contributed by atoms with Gasteiger partial charge in [0.1, 0.15) is 6.33 Å². The molecule has 10 heteroatoms. The van der Waals surface area contributed by atoms with Gasteiger partial charge in [0.15, 0.2) is 12.2 Å². The molecule has 0 aliphatic carbocycles. The van der Waals surface area contributed by atoms with Gasteiger partial charge in [0.25, 0.3) is 0 Å². The molecule has 0 unspecified atom stereocenters. The predicted molar refractivity (Wildman–Crippen MR) is 74.1 cm³/mol. The number of nitrogens with zero attached hydrogens (tertiary/aromatic N) is 2. The van der Waals surface area contributed by atoms with Crippen LogP contribution < -0.4 is 0 Å². The van der Waals surface area contributed by atoms with E-state index < -0.39 is 24.1 Å². The van der Waals surface area contributed by atoms with E-state index in [-0.39, 0.29) is 11.0 Å². The molecule has 2 rings (SSSR count). The Morgan fingerprint density at radius 2 is 1.45 bits per heavy atom. The first-order valence-electron chi connectivity index (χ1n) is 5.40. The van der Waals surface area contributed by atoms with Crippen LogP contribution in [0.4, 0.5) is 0 Å². The maximum absolute atomic E-state index is 9.77. The number of rotatable bonds is 3. The predicted octanol–water partition coefficient (Wildman–Crippen LogP) is -2.14. The summed E-state index contributed by atoms with van der Waals surface area (Å²) in [6.07, 6.45) is -1.17. The molecule has 1 heterocycles. The number of carbonyl (C=O) groups is 2. The molecule has 0 saturated carbocycles. The van der Waals surface area contributed by atoms with E-state index in [1.165, 1.54) is 0 Å². The molecule has 8 N–H and O–H groups in total. The van der Waals surface area contributed by atoms with Crippen molar-refractivity contribution in [1.82, 2.24) is 9.97 Å². The van der Waals surface area contributed by atoms with Crippen molar-refractivity contribution in [1.29, 1.82) is 0 Å². The van der Waals surface area contributed by atoms with Crippen LogP contribution in [0.2, 0.25) is 0 Å². The Hall–Kier alpha value is -2.66. The van der Waals surface area contributed by atoms with Crippen LogP contribution in [0.5, 0.6) is 0 Å². The molecule has 2 atom stereocenters. The fourth-order valence-corrected chi connectivity index (χ4v) is 1.19. The summed E-state index contributed by atoms with van der Waals surface area (Å²) in [7, 11) is 0. The van der Waals surface area contributed by atoms with Gasteiger partial charge in [0.05, 0.1) is 5.52 Å². The van der Waals surface area contributed by atoms with Gasteiger partial charge in [-0.3, -0.25) is 0 Å². The van der Waals surface area contributed by atoms with Crippen LogP contribution >= 0.6 is 0 Å². The Morgan fingerprint density at radius 3 is 1.91 bits per heavy atom. The normalized spacial score (nSPS) is 11.7. The summed E-state index contributed by atoms with van der Waals surface area (Å²) in [6.45, 7) is 0. The molecule has 1 aromatic heterocycles. The fraction of sp³-hybridized carbons (Fsp3) is 0.167. The van der Waals surface area contributed by atoms with Crippen molar-refractivity contribution in [3.05, 3.63) is 36.8 Å². The summed E-state index contributed by atoms with van der Waals surface area (Å²) < 4.78 is 0. The maximum Gasteiger partial charge on any atom is 0.335 e. The van der Waals surface area contributed by atoms with E-state index in [0.717, 1.165) is 10.9 Å². The van der Waals surface area contributed by atoms with Gasteiger partial charge in [-0.25, -0.2) is 19.6 Å². The number of aliphatic carboxylic acids is 2. The van der Waals surface area contributed by atoms with Crippen molar-refractivity contribution >= 4 is 22.8 Å². The van der Waals surface area contributed by atoms with Crippen molar-refractivity contribution in [2.24, 2.45) is 0 Å². The molecule has 0 amide bonds. The molecular weight excluding hydrogens is 300 g/mol. The van der Waals surface area contributed by atoms with Gasteiger partial charge in [-0.2, -0.15) is 0 Å². The van der Waals surface area contributed by atoms with Crippen molar-refractivity contribution in [3.8, 4) is 0 Å². The molecule has 10 nitrogen and oxygen atoms in total. The van der Waals surface area contributed by atoms with E-state index in [4.69, 9.17) is 20.4 Å². The van der Waals surface area contributed by atoms with Crippen LogP contribution in [0.15, 0.2) is 36.8 Å². The monoisotopic (exact) mass is 316 g/mol. The smallest absolute Gasteiger partial charge is 0.335 e. The van der Waals surface area contributed by atoms with Gasteiger partial charge in [0, 0.05) is 11.6 Å². The zero-order valence-corrected chi connectivity index (χ0v) is 11.1. The number of carboxylic acid groups (broad SMARTS) is 2. The first-order chi connectivity index (χ1) is 9.43. The SMILES string of the molecule is O.O.O=C(O)[C@H](O)[C@@H](O)C(=O)O.c1ccc2ncncc2c1. The number of benzene rings is 1. The average Bonchev–Trinajstić information content (AvgIpc) is 2.46. The lowest BCUT2D eigenvalue weighted by Crippen LogP contribution is -2.39. The van der Waals surface area contributed by atoms with E-state index in [2.05, 4.69) is 9.97 Å². The summed E-state index contributed by atoms with van der Waals surface area (Å²) in [5, 5.41) is 33.6. The largest absolute Gasteiger partial charge is 0.479 e. The van der Waals surface area contributed by atoms with Crippen LogP contribution in [0, 0.1) is 0 Å². The number of aromatic nitrogens is 2. The maximum atomic E-state index is 9.77. The Kier molecular flexibility index (Phi) is 9.95. The molecule has 0 aliphatic rings. The minimum Gasteiger partial charge on any atom is -0.479 e. The second kappa shape index (κ2) is 10.1. The fourth-order valence-electron chi connectivity index (χ4n) is 1.19. The van der Waals surface area contributed by atoms with E-state index in [9.17, 15) is 9.59 Å². The number of para-hydroxylation sites is 1. The molecular formula is C12H16N2O8. The highest BCUT2D eigenvalue weighted by atomic mass is 16.4. The Balaban J connectivity index is 0. The third-order valence-electron chi connectivity index (χ3n) is 2.22. The average molecular weight is 316 g/mol. The van der Waals surface area contributed by atoms with Gasteiger partial charge in [0.2, 0.25) is 0 Å². The van der Waals surface area contributed by atoms with Crippen molar-refractivity contribution in [3.63, 3.8) is 0 Å². The van der Waals surface area contributed by atoms with Crippen LogP contribution in [0.1, 0.15) is 0 Å². The van der Waals surface area contributed by atoms with Crippen LogP contribution in [-0.4, -0.2) is 65.5 Å². The molecule has 1 aromatic carbocycles. The topological polar surface area (TPSA) is 204 Å². The minimum absolute atomic E-state index is 0. The molecule has 0 bridgehead atoms. The van der Waals surface area contributed by atoms with E-state index in [1.54, 1.807) is 6.33 Å². The third-order valence-corrected chi connectivity index (χ3v) is 2.22. The van der Waals surface area contributed by atoms with Crippen LogP contribution in [0.25, 0.3) is 10.9 Å².